The van der Waals surface area contributed by atoms with E-state index in [1.165, 1.54) is 11.1 Å². The van der Waals surface area contributed by atoms with Crippen LogP contribution in [0.4, 0.5) is 17.1 Å². The molecule has 5 rings (SSSR count). The Kier molecular flexibility index (Phi) is 7.26. The highest BCUT2D eigenvalue weighted by molar-refractivity contribution is 6.31. The summed E-state index contributed by atoms with van der Waals surface area (Å²) in [6.45, 7) is 1.95. The number of nitrogens with zero attached hydrogens (tertiary/aromatic N) is 2. The number of anilines is 3. The molecule has 35 heavy (non-hydrogen) atoms. The Bertz CT molecular complexity index is 1290. The number of halogens is 1. The Morgan fingerprint density at radius 1 is 0.886 bits per heavy atom. The second-order valence-corrected chi connectivity index (χ2v) is 9.25. The molecule has 0 spiro atoms. The van der Waals surface area contributed by atoms with E-state index in [0.29, 0.717) is 11.6 Å². The van der Waals surface area contributed by atoms with Gasteiger partial charge in [0.2, 0.25) is 5.91 Å². The summed E-state index contributed by atoms with van der Waals surface area (Å²) in [5.74, 6) is 0.0758. The zero-order valence-corrected chi connectivity index (χ0v) is 20.4. The highest BCUT2D eigenvalue weighted by Crippen LogP contribution is 2.35. The normalized spacial score (nSPS) is 12.7. The van der Waals surface area contributed by atoms with Gasteiger partial charge in [-0.05, 0) is 79.8 Å². The summed E-state index contributed by atoms with van der Waals surface area (Å²) in [6, 6.07) is 24.2. The Morgan fingerprint density at radius 2 is 1.57 bits per heavy atom. The molecule has 0 saturated carbocycles. The predicted molar refractivity (Wildman–Crippen MR) is 145 cm³/mol. The van der Waals surface area contributed by atoms with Crippen molar-refractivity contribution in [1.29, 1.82) is 0 Å². The summed E-state index contributed by atoms with van der Waals surface area (Å²) in [4.78, 5) is 19.6. The number of benzene rings is 3. The molecule has 4 aromatic rings. The molecule has 0 fully saturated rings. The van der Waals surface area contributed by atoms with Gasteiger partial charge in [-0.1, -0.05) is 48.0 Å². The van der Waals surface area contributed by atoms with Crippen molar-refractivity contribution in [3.63, 3.8) is 0 Å². The molecule has 2 heterocycles. The number of fused-ring (bicyclic) bond motifs is 3. The van der Waals surface area contributed by atoms with Gasteiger partial charge in [-0.3, -0.25) is 14.7 Å². The maximum atomic E-state index is 13.3. The zero-order valence-electron chi connectivity index (χ0n) is 19.6. The first-order valence-corrected chi connectivity index (χ1v) is 12.6. The number of unbranched alkanes of at least 4 members (excludes halogenated alkanes) is 1. The number of carbonyl (C=O) groups is 1. The van der Waals surface area contributed by atoms with Gasteiger partial charge in [0.1, 0.15) is 0 Å². The van der Waals surface area contributed by atoms with Crippen molar-refractivity contribution >= 4 is 45.5 Å². The summed E-state index contributed by atoms with van der Waals surface area (Å²) in [5, 5.41) is 8.61. The smallest absolute Gasteiger partial charge is 0.245 e. The number of aryl methyl sites for hydroxylation is 2. The van der Waals surface area contributed by atoms with Crippen molar-refractivity contribution < 1.29 is 4.79 Å². The molecule has 1 aliphatic rings. The van der Waals surface area contributed by atoms with E-state index in [1.807, 2.05) is 53.4 Å². The third-order valence-corrected chi connectivity index (χ3v) is 6.69. The monoisotopic (exact) mass is 484 g/mol. The van der Waals surface area contributed by atoms with Crippen LogP contribution in [-0.2, 0) is 17.6 Å². The van der Waals surface area contributed by atoms with Gasteiger partial charge in [0.15, 0.2) is 0 Å². The van der Waals surface area contributed by atoms with Crippen LogP contribution in [0, 0.1) is 0 Å². The first kappa shape index (κ1) is 23.3. The third-order valence-electron chi connectivity index (χ3n) is 6.45. The van der Waals surface area contributed by atoms with Crippen LogP contribution in [0.2, 0.25) is 5.02 Å². The molecule has 178 valence electrons. The highest BCUT2D eigenvalue weighted by atomic mass is 35.5. The number of nitrogens with one attached hydrogen (secondary N) is 2. The lowest BCUT2D eigenvalue weighted by Gasteiger charge is -2.25. The Hall–Kier alpha value is -3.41. The summed E-state index contributed by atoms with van der Waals surface area (Å²) in [5.41, 5.74) is 6.38. The van der Waals surface area contributed by atoms with E-state index >= 15 is 0 Å². The van der Waals surface area contributed by atoms with Gasteiger partial charge < -0.3 is 10.6 Å². The second kappa shape index (κ2) is 10.9. The predicted octanol–water partition coefficient (Wildman–Crippen LogP) is 6.13. The number of hydrogen-bond acceptors (Lipinski definition) is 4. The van der Waals surface area contributed by atoms with Gasteiger partial charge in [0.25, 0.3) is 0 Å². The van der Waals surface area contributed by atoms with Crippen LogP contribution in [0.1, 0.15) is 24.0 Å². The Balaban J connectivity index is 1.13. The van der Waals surface area contributed by atoms with Crippen LogP contribution in [0.3, 0.4) is 0 Å². The molecule has 0 bridgehead atoms. The highest BCUT2D eigenvalue weighted by Gasteiger charge is 2.24. The molecule has 0 aliphatic carbocycles. The van der Waals surface area contributed by atoms with E-state index in [1.54, 1.807) is 6.20 Å². The van der Waals surface area contributed by atoms with Gasteiger partial charge in [0, 0.05) is 28.8 Å². The quantitative estimate of drug-likeness (QED) is 0.295. The molecule has 0 radical (unpaired) electrons. The standard InChI is InChI=1S/C29H29ClN4O/c30-23-13-14-24-25(15-18-33-26(24)19-23)32-17-6-5-16-31-20-29(35)34-27-9-3-1-7-21(27)11-12-22-8-2-4-10-28(22)34/h1-4,7-10,13-15,18-19,31H,5-6,11-12,16-17,20H2,(H,32,33). The van der Waals surface area contributed by atoms with Crippen LogP contribution in [0.5, 0.6) is 0 Å². The number of amides is 1. The second-order valence-electron chi connectivity index (χ2n) is 8.82. The minimum atomic E-state index is 0.0758. The van der Waals surface area contributed by atoms with Gasteiger partial charge in [-0.25, -0.2) is 0 Å². The molecule has 2 N–H and O–H groups in total. The van der Waals surface area contributed by atoms with Crippen LogP contribution in [0.15, 0.2) is 79.0 Å². The Morgan fingerprint density at radius 3 is 2.31 bits per heavy atom. The molecular formula is C29H29ClN4O. The first-order valence-electron chi connectivity index (χ1n) is 12.2. The van der Waals surface area contributed by atoms with E-state index < -0.39 is 0 Å². The summed E-state index contributed by atoms with van der Waals surface area (Å²) >= 11 is 6.08. The summed E-state index contributed by atoms with van der Waals surface area (Å²) < 4.78 is 0. The maximum absolute atomic E-state index is 13.3. The van der Waals surface area contributed by atoms with Crippen molar-refractivity contribution in [3.05, 3.63) is 95.1 Å². The molecule has 1 aliphatic heterocycles. The summed E-state index contributed by atoms with van der Waals surface area (Å²) in [7, 11) is 0. The van der Waals surface area contributed by atoms with Crippen molar-refractivity contribution in [2.24, 2.45) is 0 Å². The number of carbonyl (C=O) groups excluding carboxylic acids is 1. The lowest BCUT2D eigenvalue weighted by Crippen LogP contribution is -2.36. The molecule has 0 unspecified atom stereocenters. The van der Waals surface area contributed by atoms with Crippen molar-refractivity contribution in [2.75, 3.05) is 29.9 Å². The first-order chi connectivity index (χ1) is 17.2. The number of para-hydroxylation sites is 2. The minimum Gasteiger partial charge on any atom is -0.384 e. The van der Waals surface area contributed by atoms with Crippen molar-refractivity contribution in [3.8, 4) is 0 Å². The van der Waals surface area contributed by atoms with E-state index in [2.05, 4.69) is 39.9 Å². The van der Waals surface area contributed by atoms with Crippen molar-refractivity contribution in [1.82, 2.24) is 10.3 Å². The maximum Gasteiger partial charge on any atom is 0.245 e. The number of rotatable bonds is 8. The van der Waals surface area contributed by atoms with E-state index in [-0.39, 0.29) is 5.91 Å². The topological polar surface area (TPSA) is 57.3 Å². The fourth-order valence-corrected chi connectivity index (χ4v) is 4.86. The molecule has 0 atom stereocenters. The van der Waals surface area contributed by atoms with Crippen LogP contribution in [-0.4, -0.2) is 30.5 Å². The lowest BCUT2D eigenvalue weighted by molar-refractivity contribution is -0.117. The third kappa shape index (κ3) is 5.31. The van der Waals surface area contributed by atoms with Crippen LogP contribution >= 0.6 is 11.6 Å². The lowest BCUT2D eigenvalue weighted by atomic mass is 10.0. The van der Waals surface area contributed by atoms with Crippen LogP contribution in [0.25, 0.3) is 10.9 Å². The van der Waals surface area contributed by atoms with E-state index in [0.717, 1.165) is 66.7 Å². The van der Waals surface area contributed by atoms with Crippen LogP contribution < -0.4 is 15.5 Å². The number of aromatic nitrogens is 1. The van der Waals surface area contributed by atoms with Crippen molar-refractivity contribution in [2.45, 2.75) is 25.7 Å². The molecule has 1 aromatic heterocycles. The SMILES string of the molecule is O=C(CNCCCCNc1ccnc2cc(Cl)ccc12)N1c2ccccc2CCc2ccccc21. The molecule has 0 saturated heterocycles. The average Bonchev–Trinajstić information content (AvgIpc) is 3.05. The molecule has 3 aromatic carbocycles. The van der Waals surface area contributed by atoms with E-state index in [4.69, 9.17) is 11.6 Å². The zero-order chi connectivity index (χ0) is 24.0. The van der Waals surface area contributed by atoms with Gasteiger partial charge in [-0.15, -0.1) is 0 Å². The molecule has 5 nitrogen and oxygen atoms in total. The summed E-state index contributed by atoms with van der Waals surface area (Å²) in [6.07, 6.45) is 5.65. The molecular weight excluding hydrogens is 456 g/mol. The van der Waals surface area contributed by atoms with Gasteiger partial charge in [-0.2, -0.15) is 0 Å². The van der Waals surface area contributed by atoms with E-state index in [9.17, 15) is 4.79 Å². The minimum absolute atomic E-state index is 0.0758. The molecule has 1 amide bonds. The molecule has 6 heteroatoms. The number of pyridine rings is 1. The van der Waals surface area contributed by atoms with Gasteiger partial charge >= 0.3 is 0 Å². The number of hydrogen-bond donors (Lipinski definition) is 2. The largest absolute Gasteiger partial charge is 0.384 e. The Labute approximate surface area is 211 Å². The fraction of sp³-hybridized carbons (Fsp3) is 0.241. The fourth-order valence-electron chi connectivity index (χ4n) is 4.70. The average molecular weight is 485 g/mol. The van der Waals surface area contributed by atoms with Gasteiger partial charge in [0.05, 0.1) is 23.4 Å².